The maximum absolute atomic E-state index is 13.6. The molecule has 0 aliphatic carbocycles. The lowest BCUT2D eigenvalue weighted by atomic mass is 10.1. The molecule has 4 aromatic rings. The number of fused-ring (bicyclic) bond motifs is 2. The molecule has 7 nitrogen and oxygen atoms in total. The van der Waals surface area contributed by atoms with Crippen molar-refractivity contribution < 1.29 is 23.8 Å². The minimum absolute atomic E-state index is 0.0956. The molecular weight excluding hydrogens is 500 g/mol. The zero-order valence-electron chi connectivity index (χ0n) is 21.4. The van der Waals surface area contributed by atoms with Gasteiger partial charge in [-0.3, -0.25) is 9.59 Å². The fourth-order valence-corrected chi connectivity index (χ4v) is 5.95. The van der Waals surface area contributed by atoms with Crippen LogP contribution in [0.2, 0.25) is 0 Å². The number of nitrogens with one attached hydrogen (secondary N) is 1. The van der Waals surface area contributed by atoms with E-state index in [-0.39, 0.29) is 30.0 Å². The molecule has 1 aliphatic heterocycles. The summed E-state index contributed by atoms with van der Waals surface area (Å²) in [6.45, 7) is -0.0956. The van der Waals surface area contributed by atoms with Gasteiger partial charge in [-0.2, -0.15) is 0 Å². The molecule has 1 heterocycles. The summed E-state index contributed by atoms with van der Waals surface area (Å²) in [4.78, 5) is 29.3. The van der Waals surface area contributed by atoms with Crippen molar-refractivity contribution in [3.05, 3.63) is 84.4 Å². The number of hydrogen-bond donors (Lipinski definition) is 1. The van der Waals surface area contributed by atoms with Crippen LogP contribution >= 0.6 is 11.8 Å². The van der Waals surface area contributed by atoms with E-state index in [1.54, 1.807) is 38.0 Å². The Morgan fingerprint density at radius 3 is 2.34 bits per heavy atom. The van der Waals surface area contributed by atoms with Gasteiger partial charge in [0.15, 0.2) is 11.5 Å². The summed E-state index contributed by atoms with van der Waals surface area (Å²) in [5.41, 5.74) is 2.30. The van der Waals surface area contributed by atoms with E-state index in [0.29, 0.717) is 28.6 Å². The lowest BCUT2D eigenvalue weighted by Crippen LogP contribution is -2.38. The Morgan fingerprint density at radius 1 is 0.921 bits per heavy atom. The quantitative estimate of drug-likeness (QED) is 0.314. The van der Waals surface area contributed by atoms with Gasteiger partial charge in [0.05, 0.1) is 27.0 Å². The van der Waals surface area contributed by atoms with Crippen LogP contribution in [0.3, 0.4) is 0 Å². The van der Waals surface area contributed by atoms with Crippen LogP contribution in [0.1, 0.15) is 17.2 Å². The third-order valence-electron chi connectivity index (χ3n) is 6.51. The van der Waals surface area contributed by atoms with E-state index >= 15 is 0 Å². The Morgan fingerprint density at radius 2 is 1.61 bits per heavy atom. The molecule has 0 bridgehead atoms. The van der Waals surface area contributed by atoms with E-state index in [1.165, 1.54) is 0 Å². The number of carbonyl (C=O) groups is 2. The fourth-order valence-electron chi connectivity index (χ4n) is 4.69. The molecular formula is C30H28N2O5S. The number of anilines is 2. The summed E-state index contributed by atoms with van der Waals surface area (Å²) < 4.78 is 16.5. The zero-order chi connectivity index (χ0) is 26.6. The minimum atomic E-state index is -0.263. The molecule has 0 aromatic heterocycles. The highest BCUT2D eigenvalue weighted by Crippen LogP contribution is 2.49. The van der Waals surface area contributed by atoms with Crippen LogP contribution in [0, 0.1) is 0 Å². The summed E-state index contributed by atoms with van der Waals surface area (Å²) in [6.07, 6.45) is 0.194. The molecule has 0 fully saturated rings. The summed E-state index contributed by atoms with van der Waals surface area (Å²) >= 11 is 1.58. The van der Waals surface area contributed by atoms with Gasteiger partial charge in [0.2, 0.25) is 17.6 Å². The van der Waals surface area contributed by atoms with Crippen LogP contribution in [0.25, 0.3) is 10.8 Å². The number of para-hydroxylation sites is 1. The molecule has 194 valence electrons. The minimum Gasteiger partial charge on any atom is -0.493 e. The molecule has 8 heteroatoms. The molecule has 0 saturated carbocycles. The highest BCUT2D eigenvalue weighted by atomic mass is 32.2. The summed E-state index contributed by atoms with van der Waals surface area (Å²) in [5.74, 6) is 1.14. The lowest BCUT2D eigenvalue weighted by molar-refractivity contribution is -0.121. The molecule has 0 saturated heterocycles. The Balaban J connectivity index is 1.44. The van der Waals surface area contributed by atoms with E-state index in [9.17, 15) is 9.59 Å². The van der Waals surface area contributed by atoms with Gasteiger partial charge in [-0.25, -0.2) is 0 Å². The van der Waals surface area contributed by atoms with Gasteiger partial charge < -0.3 is 24.4 Å². The van der Waals surface area contributed by atoms with Gasteiger partial charge in [-0.1, -0.05) is 48.5 Å². The Hall–Kier alpha value is -4.17. The summed E-state index contributed by atoms with van der Waals surface area (Å²) in [6, 6.07) is 25.0. The number of benzene rings is 4. The van der Waals surface area contributed by atoms with E-state index in [4.69, 9.17) is 14.2 Å². The van der Waals surface area contributed by atoms with Crippen LogP contribution in [-0.4, -0.2) is 39.7 Å². The van der Waals surface area contributed by atoms with Crippen molar-refractivity contribution >= 4 is 45.7 Å². The van der Waals surface area contributed by atoms with Gasteiger partial charge in [-0.15, -0.1) is 11.8 Å². The first-order valence-electron chi connectivity index (χ1n) is 12.2. The van der Waals surface area contributed by atoms with Crippen molar-refractivity contribution in [2.75, 3.05) is 38.1 Å². The van der Waals surface area contributed by atoms with Crippen molar-refractivity contribution in [2.24, 2.45) is 0 Å². The van der Waals surface area contributed by atoms with Crippen molar-refractivity contribution in [3.63, 3.8) is 0 Å². The number of nitrogens with zero attached hydrogens (tertiary/aromatic N) is 1. The third-order valence-corrected chi connectivity index (χ3v) is 7.83. The normalized spacial score (nSPS) is 15.0. The second-order valence-electron chi connectivity index (χ2n) is 8.79. The molecule has 2 amide bonds. The SMILES string of the molecule is COc1cc(C2CC(=O)N(CC(=O)Nc3cccc4ccccc34)c3ccccc3S2)cc(OC)c1OC. The fraction of sp³-hybridized carbons (Fsp3) is 0.200. The van der Waals surface area contributed by atoms with Crippen LogP contribution in [0.15, 0.2) is 83.8 Å². The number of ether oxygens (including phenoxy) is 3. The molecule has 1 aliphatic rings. The molecule has 0 radical (unpaired) electrons. The number of hydrogen-bond acceptors (Lipinski definition) is 6. The highest BCUT2D eigenvalue weighted by Gasteiger charge is 2.31. The van der Waals surface area contributed by atoms with Crippen molar-refractivity contribution in [1.29, 1.82) is 0 Å². The van der Waals surface area contributed by atoms with Gasteiger partial charge in [0.1, 0.15) is 6.54 Å². The van der Waals surface area contributed by atoms with E-state index in [1.807, 2.05) is 78.9 Å². The first-order chi connectivity index (χ1) is 18.5. The first kappa shape index (κ1) is 25.5. The van der Waals surface area contributed by atoms with Crippen molar-refractivity contribution in [3.8, 4) is 17.2 Å². The number of rotatable bonds is 7. The average molecular weight is 529 g/mol. The third kappa shape index (κ3) is 4.99. The summed E-state index contributed by atoms with van der Waals surface area (Å²) in [5, 5.41) is 4.77. The van der Waals surface area contributed by atoms with E-state index in [2.05, 4.69) is 5.32 Å². The van der Waals surface area contributed by atoms with Crippen LogP contribution in [-0.2, 0) is 9.59 Å². The molecule has 38 heavy (non-hydrogen) atoms. The topological polar surface area (TPSA) is 77.1 Å². The number of carbonyl (C=O) groups excluding carboxylic acids is 2. The molecule has 5 rings (SSSR count). The van der Waals surface area contributed by atoms with Crippen molar-refractivity contribution in [2.45, 2.75) is 16.6 Å². The smallest absolute Gasteiger partial charge is 0.244 e. The van der Waals surface area contributed by atoms with Crippen LogP contribution in [0.4, 0.5) is 11.4 Å². The molecule has 1 N–H and O–H groups in total. The number of thioether (sulfide) groups is 1. The van der Waals surface area contributed by atoms with Gasteiger partial charge in [0.25, 0.3) is 0 Å². The average Bonchev–Trinajstić information content (AvgIpc) is 3.08. The maximum Gasteiger partial charge on any atom is 0.244 e. The van der Waals surface area contributed by atoms with E-state index < -0.39 is 0 Å². The Labute approximate surface area is 225 Å². The van der Waals surface area contributed by atoms with Crippen LogP contribution < -0.4 is 24.4 Å². The standard InChI is InChI=1S/C30H28N2O5S/c1-35-24-15-20(16-25(36-2)30(24)37-3)27-17-29(34)32(23-13-6-7-14-26(23)38-27)18-28(33)31-22-12-8-10-19-9-4-5-11-21(19)22/h4-16,27H,17-18H2,1-3H3,(H,31,33). The second kappa shape index (κ2) is 11.1. The monoisotopic (exact) mass is 528 g/mol. The molecule has 4 aromatic carbocycles. The van der Waals surface area contributed by atoms with Gasteiger partial charge in [-0.05, 0) is 41.3 Å². The largest absolute Gasteiger partial charge is 0.493 e. The van der Waals surface area contributed by atoms with Crippen molar-refractivity contribution in [1.82, 2.24) is 0 Å². The van der Waals surface area contributed by atoms with E-state index in [0.717, 1.165) is 21.2 Å². The number of methoxy groups -OCH3 is 3. The summed E-state index contributed by atoms with van der Waals surface area (Å²) in [7, 11) is 4.69. The maximum atomic E-state index is 13.6. The van der Waals surface area contributed by atoms with Gasteiger partial charge >= 0.3 is 0 Å². The molecule has 1 unspecified atom stereocenters. The molecule has 1 atom stereocenters. The Bertz CT molecular complexity index is 1480. The van der Waals surface area contributed by atoms with Crippen LogP contribution in [0.5, 0.6) is 17.2 Å². The lowest BCUT2D eigenvalue weighted by Gasteiger charge is -2.22. The first-order valence-corrected chi connectivity index (χ1v) is 13.0. The molecule has 0 spiro atoms. The predicted octanol–water partition coefficient (Wildman–Crippen LogP) is 6.07. The Kier molecular flexibility index (Phi) is 7.42. The predicted molar refractivity (Wildman–Crippen MR) is 151 cm³/mol. The van der Waals surface area contributed by atoms with Gasteiger partial charge in [0, 0.05) is 27.6 Å². The highest BCUT2D eigenvalue weighted by molar-refractivity contribution is 7.99. The zero-order valence-corrected chi connectivity index (χ0v) is 22.2. The second-order valence-corrected chi connectivity index (χ2v) is 10.0. The number of amides is 2.